The summed E-state index contributed by atoms with van der Waals surface area (Å²) in [4.78, 5) is 24.2. The molecule has 1 saturated heterocycles. The minimum Gasteiger partial charge on any atom is -0.491 e. The number of benzene rings is 1. The topological polar surface area (TPSA) is 61.5 Å². The molecule has 0 radical (unpaired) electrons. The number of hydrogen-bond donors (Lipinski definition) is 1. The van der Waals surface area contributed by atoms with Crippen molar-refractivity contribution in [3.8, 4) is 5.75 Å². The average molecular weight is 350 g/mol. The average Bonchev–Trinajstić information content (AvgIpc) is 3.13. The van der Waals surface area contributed by atoms with Crippen LogP contribution < -0.4 is 4.74 Å². The summed E-state index contributed by atoms with van der Waals surface area (Å²) in [6, 6.07) is 13.7. The van der Waals surface area contributed by atoms with E-state index in [-0.39, 0.29) is 5.91 Å². The monoisotopic (exact) mass is 350 g/mol. The Morgan fingerprint density at radius 1 is 1.12 bits per heavy atom. The Hall–Kier alpha value is -2.86. The van der Waals surface area contributed by atoms with E-state index in [2.05, 4.69) is 14.9 Å². The largest absolute Gasteiger partial charge is 0.491 e. The molecule has 2 aromatic heterocycles. The number of aromatic nitrogens is 2. The molecule has 6 nitrogen and oxygen atoms in total. The minimum atomic E-state index is 0.0764. The fourth-order valence-corrected chi connectivity index (χ4v) is 3.26. The molecule has 6 heteroatoms. The summed E-state index contributed by atoms with van der Waals surface area (Å²) in [6.45, 7) is 4.68. The summed E-state index contributed by atoms with van der Waals surface area (Å²) in [7, 11) is 0. The summed E-state index contributed by atoms with van der Waals surface area (Å²) in [5.74, 6) is 0.868. The maximum absolute atomic E-state index is 12.7. The third-order valence-electron chi connectivity index (χ3n) is 4.73. The smallest absolute Gasteiger partial charge is 0.270 e. The van der Waals surface area contributed by atoms with Crippen LogP contribution in [0.2, 0.25) is 0 Å². The Kier molecular flexibility index (Phi) is 4.84. The lowest BCUT2D eigenvalue weighted by atomic mass is 10.2. The van der Waals surface area contributed by atoms with Crippen LogP contribution in [0, 0.1) is 0 Å². The molecule has 1 fully saturated rings. The van der Waals surface area contributed by atoms with Gasteiger partial charge in [-0.05, 0) is 24.3 Å². The second-order valence-electron chi connectivity index (χ2n) is 6.44. The van der Waals surface area contributed by atoms with Crippen molar-refractivity contribution >= 4 is 16.8 Å². The second-order valence-corrected chi connectivity index (χ2v) is 6.44. The molecular formula is C20H22N4O2. The maximum Gasteiger partial charge on any atom is 0.270 e. The third-order valence-corrected chi connectivity index (χ3v) is 4.73. The van der Waals surface area contributed by atoms with Crippen LogP contribution in [0.15, 0.2) is 54.9 Å². The molecule has 1 aromatic carbocycles. The van der Waals surface area contributed by atoms with Gasteiger partial charge in [-0.3, -0.25) is 14.7 Å². The van der Waals surface area contributed by atoms with E-state index in [4.69, 9.17) is 4.74 Å². The van der Waals surface area contributed by atoms with Gasteiger partial charge in [-0.15, -0.1) is 0 Å². The fraction of sp³-hybridized carbons (Fsp3) is 0.300. The standard InChI is InChI=1S/C20H22N4O2/c25-20(19-14-16-4-1-2-6-18(16)22-19)24-10-8-23(9-11-24)12-13-26-17-5-3-7-21-15-17/h1-7,14-15,22H,8-13H2. The number of nitrogens with zero attached hydrogens (tertiary/aromatic N) is 3. The summed E-state index contributed by atoms with van der Waals surface area (Å²) in [5.41, 5.74) is 1.67. The molecule has 0 unspecified atom stereocenters. The van der Waals surface area contributed by atoms with E-state index in [1.54, 1.807) is 12.4 Å². The van der Waals surface area contributed by atoms with E-state index in [0.29, 0.717) is 12.3 Å². The highest BCUT2D eigenvalue weighted by Gasteiger charge is 2.23. The molecule has 0 spiro atoms. The number of carbonyl (C=O) groups is 1. The van der Waals surface area contributed by atoms with E-state index in [0.717, 1.165) is 49.4 Å². The van der Waals surface area contributed by atoms with Crippen LogP contribution in [-0.4, -0.2) is 65.0 Å². The number of H-pyrrole nitrogens is 1. The zero-order chi connectivity index (χ0) is 17.8. The highest BCUT2D eigenvalue weighted by atomic mass is 16.5. The van der Waals surface area contributed by atoms with Gasteiger partial charge in [0.05, 0.1) is 6.20 Å². The lowest BCUT2D eigenvalue weighted by Gasteiger charge is -2.34. The van der Waals surface area contributed by atoms with Gasteiger partial charge >= 0.3 is 0 Å². The number of para-hydroxylation sites is 1. The van der Waals surface area contributed by atoms with Gasteiger partial charge in [0.15, 0.2) is 0 Å². The molecule has 1 amide bonds. The Balaban J connectivity index is 1.27. The van der Waals surface area contributed by atoms with E-state index in [1.807, 2.05) is 47.4 Å². The van der Waals surface area contributed by atoms with E-state index >= 15 is 0 Å². The van der Waals surface area contributed by atoms with Gasteiger partial charge in [0, 0.05) is 49.8 Å². The first-order chi connectivity index (χ1) is 12.8. The van der Waals surface area contributed by atoms with Gasteiger partial charge < -0.3 is 14.6 Å². The molecular weight excluding hydrogens is 328 g/mol. The fourth-order valence-electron chi connectivity index (χ4n) is 3.26. The summed E-state index contributed by atoms with van der Waals surface area (Å²) in [6.07, 6.45) is 3.45. The molecule has 4 rings (SSSR count). The van der Waals surface area contributed by atoms with Crippen LogP contribution in [0.3, 0.4) is 0 Å². The Bertz CT molecular complexity index is 837. The molecule has 1 N–H and O–H groups in total. The van der Waals surface area contributed by atoms with Crippen molar-refractivity contribution in [3.63, 3.8) is 0 Å². The van der Waals surface area contributed by atoms with Crippen LogP contribution in [0.1, 0.15) is 10.5 Å². The molecule has 0 aliphatic carbocycles. The number of nitrogens with one attached hydrogen (secondary N) is 1. The first-order valence-corrected chi connectivity index (χ1v) is 8.92. The van der Waals surface area contributed by atoms with Crippen LogP contribution in [0.25, 0.3) is 10.9 Å². The van der Waals surface area contributed by atoms with Crippen molar-refractivity contribution in [1.29, 1.82) is 0 Å². The molecule has 3 heterocycles. The number of amides is 1. The number of aromatic amines is 1. The van der Waals surface area contributed by atoms with Crippen LogP contribution in [0.4, 0.5) is 0 Å². The summed E-state index contributed by atoms with van der Waals surface area (Å²) in [5, 5.41) is 1.07. The Morgan fingerprint density at radius 3 is 2.73 bits per heavy atom. The number of hydrogen-bond acceptors (Lipinski definition) is 4. The highest BCUT2D eigenvalue weighted by molar-refractivity contribution is 5.98. The lowest BCUT2D eigenvalue weighted by Crippen LogP contribution is -2.49. The number of rotatable bonds is 5. The molecule has 1 aliphatic rings. The normalized spacial score (nSPS) is 15.3. The van der Waals surface area contributed by atoms with Crippen molar-refractivity contribution in [3.05, 3.63) is 60.6 Å². The summed E-state index contributed by atoms with van der Waals surface area (Å²) < 4.78 is 5.70. The molecule has 1 aliphatic heterocycles. The molecule has 0 atom stereocenters. The predicted octanol–water partition coefficient (Wildman–Crippen LogP) is 2.40. The van der Waals surface area contributed by atoms with Crippen LogP contribution >= 0.6 is 0 Å². The van der Waals surface area contributed by atoms with E-state index in [1.165, 1.54) is 0 Å². The molecule has 3 aromatic rings. The number of carbonyl (C=O) groups excluding carboxylic acids is 1. The Morgan fingerprint density at radius 2 is 1.96 bits per heavy atom. The van der Waals surface area contributed by atoms with Gasteiger partial charge in [-0.25, -0.2) is 0 Å². The van der Waals surface area contributed by atoms with Gasteiger partial charge in [-0.2, -0.15) is 0 Å². The third kappa shape index (κ3) is 3.70. The highest BCUT2D eigenvalue weighted by Crippen LogP contribution is 2.17. The number of ether oxygens (including phenoxy) is 1. The van der Waals surface area contributed by atoms with Crippen LogP contribution in [0.5, 0.6) is 5.75 Å². The second kappa shape index (κ2) is 7.58. The van der Waals surface area contributed by atoms with Crippen molar-refractivity contribution in [1.82, 2.24) is 19.8 Å². The molecule has 26 heavy (non-hydrogen) atoms. The maximum atomic E-state index is 12.7. The van der Waals surface area contributed by atoms with Gasteiger partial charge in [0.1, 0.15) is 18.1 Å². The number of fused-ring (bicyclic) bond motifs is 1. The predicted molar refractivity (Wildman–Crippen MR) is 100 cm³/mol. The summed E-state index contributed by atoms with van der Waals surface area (Å²) >= 11 is 0. The van der Waals surface area contributed by atoms with E-state index < -0.39 is 0 Å². The van der Waals surface area contributed by atoms with Crippen molar-refractivity contribution in [2.75, 3.05) is 39.3 Å². The van der Waals surface area contributed by atoms with Crippen molar-refractivity contribution in [2.24, 2.45) is 0 Å². The van der Waals surface area contributed by atoms with E-state index in [9.17, 15) is 4.79 Å². The van der Waals surface area contributed by atoms with Crippen molar-refractivity contribution in [2.45, 2.75) is 0 Å². The zero-order valence-electron chi connectivity index (χ0n) is 14.6. The SMILES string of the molecule is O=C(c1cc2ccccc2[nH]1)N1CCN(CCOc2cccnc2)CC1. The first kappa shape index (κ1) is 16.6. The van der Waals surface area contributed by atoms with Gasteiger partial charge in [0.25, 0.3) is 5.91 Å². The minimum absolute atomic E-state index is 0.0764. The van der Waals surface area contributed by atoms with Crippen molar-refractivity contribution < 1.29 is 9.53 Å². The number of pyridine rings is 1. The quantitative estimate of drug-likeness (QED) is 0.768. The number of piperazine rings is 1. The molecule has 134 valence electrons. The lowest BCUT2D eigenvalue weighted by molar-refractivity contribution is 0.0615. The first-order valence-electron chi connectivity index (χ1n) is 8.92. The van der Waals surface area contributed by atoms with Gasteiger partial charge in [-0.1, -0.05) is 18.2 Å². The van der Waals surface area contributed by atoms with Crippen LogP contribution in [-0.2, 0) is 0 Å². The molecule has 0 bridgehead atoms. The van der Waals surface area contributed by atoms with Gasteiger partial charge in [0.2, 0.25) is 0 Å². The molecule has 0 saturated carbocycles. The zero-order valence-corrected chi connectivity index (χ0v) is 14.6. The Labute approximate surface area is 152 Å².